The molecule has 0 fully saturated rings. The van der Waals surface area contributed by atoms with Crippen molar-refractivity contribution in [1.29, 1.82) is 0 Å². The lowest BCUT2D eigenvalue weighted by Gasteiger charge is -2.07. The van der Waals surface area contributed by atoms with E-state index in [2.05, 4.69) is 41.8 Å². The van der Waals surface area contributed by atoms with Gasteiger partial charge in [-0.05, 0) is 23.2 Å². The third-order valence-corrected chi connectivity index (χ3v) is 3.30. The number of rotatable bonds is 7. The highest BCUT2D eigenvalue weighted by Crippen LogP contribution is 2.19. The van der Waals surface area contributed by atoms with E-state index in [9.17, 15) is 4.79 Å². The van der Waals surface area contributed by atoms with E-state index in [0.717, 1.165) is 18.7 Å². The van der Waals surface area contributed by atoms with Gasteiger partial charge in [-0.15, -0.1) is 12.4 Å². The van der Waals surface area contributed by atoms with E-state index in [1.807, 2.05) is 30.3 Å². The Balaban J connectivity index is 0.00000242. The molecule has 0 radical (unpaired) electrons. The van der Waals surface area contributed by atoms with Gasteiger partial charge in [0.1, 0.15) is 0 Å². The van der Waals surface area contributed by atoms with Crippen LogP contribution in [-0.4, -0.2) is 25.5 Å². The van der Waals surface area contributed by atoms with Gasteiger partial charge in [-0.2, -0.15) is 0 Å². The Kier molecular flexibility index (Phi) is 8.26. The van der Waals surface area contributed by atoms with Gasteiger partial charge in [0.05, 0.1) is 6.42 Å². The van der Waals surface area contributed by atoms with Crippen LogP contribution >= 0.6 is 12.4 Å². The van der Waals surface area contributed by atoms with Gasteiger partial charge < -0.3 is 10.6 Å². The smallest absolute Gasteiger partial charge is 0.224 e. The molecule has 0 aromatic heterocycles. The zero-order chi connectivity index (χ0) is 14.9. The molecule has 2 rings (SSSR count). The standard InChI is InChI=1S/C18H22N2O.ClH/c1-2-19-12-13-20-18(21)14-15-8-10-17(11-9-15)16-6-4-3-5-7-16;/h3-11,19H,2,12-14H2,1H3,(H,20,21);1H. The Bertz CT molecular complexity index is 555. The zero-order valence-electron chi connectivity index (χ0n) is 12.8. The molecule has 0 aliphatic heterocycles. The summed E-state index contributed by atoms with van der Waals surface area (Å²) in [4.78, 5) is 11.8. The van der Waals surface area contributed by atoms with Crippen molar-refractivity contribution in [2.45, 2.75) is 13.3 Å². The van der Waals surface area contributed by atoms with Gasteiger partial charge in [-0.1, -0.05) is 61.5 Å². The lowest BCUT2D eigenvalue weighted by molar-refractivity contribution is -0.120. The average Bonchev–Trinajstić information content (AvgIpc) is 2.53. The number of hydrogen-bond donors (Lipinski definition) is 2. The number of amides is 1. The highest BCUT2D eigenvalue weighted by Gasteiger charge is 2.03. The van der Waals surface area contributed by atoms with E-state index in [-0.39, 0.29) is 18.3 Å². The first-order valence-electron chi connectivity index (χ1n) is 7.41. The lowest BCUT2D eigenvalue weighted by atomic mass is 10.0. The fourth-order valence-electron chi connectivity index (χ4n) is 2.16. The van der Waals surface area contributed by atoms with Crippen LogP contribution in [0.25, 0.3) is 11.1 Å². The summed E-state index contributed by atoms with van der Waals surface area (Å²) in [5.74, 6) is 0.0698. The number of benzene rings is 2. The SMILES string of the molecule is CCNCCNC(=O)Cc1ccc(-c2ccccc2)cc1.Cl. The Hall–Kier alpha value is -1.84. The summed E-state index contributed by atoms with van der Waals surface area (Å²) in [6.07, 6.45) is 0.432. The first-order valence-corrected chi connectivity index (χ1v) is 7.41. The van der Waals surface area contributed by atoms with Crippen molar-refractivity contribution < 1.29 is 4.79 Å². The molecule has 4 heteroatoms. The third kappa shape index (κ3) is 5.88. The van der Waals surface area contributed by atoms with Crippen LogP contribution < -0.4 is 10.6 Å². The minimum Gasteiger partial charge on any atom is -0.355 e. The normalized spacial score (nSPS) is 9.86. The molecule has 2 aromatic carbocycles. The van der Waals surface area contributed by atoms with Crippen LogP contribution in [0.4, 0.5) is 0 Å². The van der Waals surface area contributed by atoms with Gasteiger partial charge in [-0.3, -0.25) is 4.79 Å². The van der Waals surface area contributed by atoms with Gasteiger partial charge in [0.25, 0.3) is 0 Å². The lowest BCUT2D eigenvalue weighted by Crippen LogP contribution is -2.32. The van der Waals surface area contributed by atoms with Crippen LogP contribution in [0, 0.1) is 0 Å². The monoisotopic (exact) mass is 318 g/mol. The van der Waals surface area contributed by atoms with Crippen molar-refractivity contribution in [3.63, 3.8) is 0 Å². The third-order valence-electron chi connectivity index (χ3n) is 3.30. The topological polar surface area (TPSA) is 41.1 Å². The highest BCUT2D eigenvalue weighted by atomic mass is 35.5. The molecule has 2 N–H and O–H groups in total. The van der Waals surface area contributed by atoms with Crippen molar-refractivity contribution in [3.8, 4) is 11.1 Å². The molecule has 3 nitrogen and oxygen atoms in total. The van der Waals surface area contributed by atoms with Crippen molar-refractivity contribution >= 4 is 18.3 Å². The molecule has 0 unspecified atom stereocenters. The molecule has 22 heavy (non-hydrogen) atoms. The molecular weight excluding hydrogens is 296 g/mol. The Morgan fingerprint density at radius 1 is 0.909 bits per heavy atom. The summed E-state index contributed by atoms with van der Waals surface area (Å²) in [5, 5.41) is 6.09. The maximum Gasteiger partial charge on any atom is 0.224 e. The van der Waals surface area contributed by atoms with Crippen LogP contribution in [0.1, 0.15) is 12.5 Å². The van der Waals surface area contributed by atoms with Crippen LogP contribution in [0.15, 0.2) is 54.6 Å². The molecule has 0 aliphatic rings. The second-order valence-electron chi connectivity index (χ2n) is 4.94. The number of hydrogen-bond acceptors (Lipinski definition) is 2. The largest absolute Gasteiger partial charge is 0.355 e. The van der Waals surface area contributed by atoms with Gasteiger partial charge in [0, 0.05) is 13.1 Å². The molecule has 0 saturated heterocycles. The summed E-state index contributed by atoms with van der Waals surface area (Å²) in [6.45, 7) is 4.47. The summed E-state index contributed by atoms with van der Waals surface area (Å²) in [6, 6.07) is 18.4. The quantitative estimate of drug-likeness (QED) is 0.770. The Morgan fingerprint density at radius 2 is 1.55 bits per heavy atom. The van der Waals surface area contributed by atoms with Gasteiger partial charge >= 0.3 is 0 Å². The maximum atomic E-state index is 11.8. The fourth-order valence-corrected chi connectivity index (χ4v) is 2.16. The fraction of sp³-hybridized carbons (Fsp3) is 0.278. The second-order valence-corrected chi connectivity index (χ2v) is 4.94. The van der Waals surface area contributed by atoms with E-state index in [4.69, 9.17) is 0 Å². The summed E-state index contributed by atoms with van der Waals surface area (Å²) in [5.41, 5.74) is 3.40. The molecule has 2 aromatic rings. The molecular formula is C18H23ClN2O. The molecule has 118 valence electrons. The van der Waals surface area contributed by atoms with Crippen LogP contribution in [0.2, 0.25) is 0 Å². The van der Waals surface area contributed by atoms with E-state index in [1.165, 1.54) is 11.1 Å². The minimum atomic E-state index is 0. The molecule has 0 spiro atoms. The molecule has 0 aliphatic carbocycles. The molecule has 0 bridgehead atoms. The van der Waals surface area contributed by atoms with E-state index in [0.29, 0.717) is 13.0 Å². The number of carbonyl (C=O) groups excluding carboxylic acids is 1. The number of nitrogens with one attached hydrogen (secondary N) is 2. The molecule has 1 amide bonds. The van der Waals surface area contributed by atoms with Crippen molar-refractivity contribution in [2.24, 2.45) is 0 Å². The summed E-state index contributed by atoms with van der Waals surface area (Å²) >= 11 is 0. The van der Waals surface area contributed by atoms with Crippen molar-refractivity contribution in [2.75, 3.05) is 19.6 Å². The van der Waals surface area contributed by atoms with Crippen molar-refractivity contribution in [1.82, 2.24) is 10.6 Å². The molecule has 0 heterocycles. The Morgan fingerprint density at radius 3 is 2.18 bits per heavy atom. The van der Waals surface area contributed by atoms with E-state index >= 15 is 0 Å². The van der Waals surface area contributed by atoms with Crippen LogP contribution in [-0.2, 0) is 11.2 Å². The number of halogens is 1. The zero-order valence-corrected chi connectivity index (χ0v) is 13.7. The van der Waals surface area contributed by atoms with E-state index < -0.39 is 0 Å². The Labute approximate surface area is 138 Å². The molecule has 0 atom stereocenters. The number of carbonyl (C=O) groups is 1. The minimum absolute atomic E-state index is 0. The maximum absolute atomic E-state index is 11.8. The number of likely N-dealkylation sites (N-methyl/N-ethyl adjacent to an activating group) is 1. The van der Waals surface area contributed by atoms with Crippen LogP contribution in [0.5, 0.6) is 0 Å². The van der Waals surface area contributed by atoms with Crippen LogP contribution in [0.3, 0.4) is 0 Å². The van der Waals surface area contributed by atoms with Gasteiger partial charge in [0.2, 0.25) is 5.91 Å². The summed E-state index contributed by atoms with van der Waals surface area (Å²) in [7, 11) is 0. The van der Waals surface area contributed by atoms with Gasteiger partial charge in [-0.25, -0.2) is 0 Å². The molecule has 0 saturated carbocycles. The predicted molar refractivity (Wildman–Crippen MR) is 94.4 cm³/mol. The highest BCUT2D eigenvalue weighted by molar-refractivity contribution is 5.85. The summed E-state index contributed by atoms with van der Waals surface area (Å²) < 4.78 is 0. The van der Waals surface area contributed by atoms with E-state index in [1.54, 1.807) is 0 Å². The van der Waals surface area contributed by atoms with Gasteiger partial charge in [0.15, 0.2) is 0 Å². The van der Waals surface area contributed by atoms with Crippen molar-refractivity contribution in [3.05, 3.63) is 60.2 Å². The first-order chi connectivity index (χ1) is 10.3. The first kappa shape index (κ1) is 18.2. The average molecular weight is 319 g/mol. The predicted octanol–water partition coefficient (Wildman–Crippen LogP) is 3.04. The second kappa shape index (κ2) is 9.98.